The average Bonchev–Trinajstić information content (AvgIpc) is 2.22. The Morgan fingerprint density at radius 3 is 2.87 bits per heavy atom. The Morgan fingerprint density at radius 2 is 2.27 bits per heavy atom. The Labute approximate surface area is 94.4 Å². The van der Waals surface area contributed by atoms with Crippen molar-refractivity contribution in [2.75, 3.05) is 0 Å². The second kappa shape index (κ2) is 5.75. The molecule has 0 spiro atoms. The van der Waals surface area contributed by atoms with Crippen LogP contribution in [0.5, 0.6) is 0 Å². The molecule has 0 amide bonds. The van der Waals surface area contributed by atoms with Gasteiger partial charge in [-0.05, 0) is 30.5 Å². The Morgan fingerprint density at radius 1 is 1.53 bits per heavy atom. The van der Waals surface area contributed by atoms with Crippen molar-refractivity contribution < 1.29 is 4.39 Å². The quantitative estimate of drug-likeness (QED) is 0.618. The van der Waals surface area contributed by atoms with Gasteiger partial charge in [-0.2, -0.15) is 0 Å². The van der Waals surface area contributed by atoms with Gasteiger partial charge in [0, 0.05) is 12.5 Å². The van der Waals surface area contributed by atoms with Crippen LogP contribution in [0, 0.1) is 18.2 Å². The molecule has 0 aliphatic rings. The summed E-state index contributed by atoms with van der Waals surface area (Å²) in [5.41, 5.74) is 6.75. The van der Waals surface area contributed by atoms with E-state index in [1.54, 1.807) is 12.1 Å². The van der Waals surface area contributed by atoms with Gasteiger partial charge in [0.2, 0.25) is 0 Å². The summed E-state index contributed by atoms with van der Waals surface area (Å²) in [6.07, 6.45) is 7.50. The molecule has 1 rings (SSSR count). The number of nitrogens with two attached hydrogens (primary N) is 1. The minimum absolute atomic E-state index is 0.111. The number of hydrogen-bond acceptors (Lipinski definition) is 1. The molecule has 1 atom stereocenters. The molecule has 0 fully saturated rings. The Hall–Kier alpha value is -1.04. The molecule has 1 aromatic rings. The van der Waals surface area contributed by atoms with Gasteiger partial charge >= 0.3 is 0 Å². The zero-order valence-corrected chi connectivity index (χ0v) is 9.10. The van der Waals surface area contributed by atoms with E-state index in [0.717, 1.165) is 18.4 Å². The summed E-state index contributed by atoms with van der Waals surface area (Å²) in [5.74, 6) is 2.13. The van der Waals surface area contributed by atoms with E-state index in [4.69, 9.17) is 23.8 Å². The van der Waals surface area contributed by atoms with E-state index >= 15 is 0 Å². The third kappa shape index (κ3) is 3.54. The first-order valence-corrected chi connectivity index (χ1v) is 5.17. The topological polar surface area (TPSA) is 26.0 Å². The summed E-state index contributed by atoms with van der Waals surface area (Å²) in [4.78, 5) is 0. The predicted octanol–water partition coefficient (Wildman–Crippen LogP) is 3.28. The number of unbranched alkanes of at least 4 members (excludes halogenated alkanes) is 1. The van der Waals surface area contributed by atoms with E-state index in [2.05, 4.69) is 5.92 Å². The van der Waals surface area contributed by atoms with Gasteiger partial charge in [0.15, 0.2) is 0 Å². The van der Waals surface area contributed by atoms with E-state index < -0.39 is 5.82 Å². The summed E-state index contributed by atoms with van der Waals surface area (Å²) >= 11 is 5.66. The van der Waals surface area contributed by atoms with Crippen LogP contribution in [0.4, 0.5) is 4.39 Å². The van der Waals surface area contributed by atoms with Crippen LogP contribution in [0.3, 0.4) is 0 Å². The Bertz CT molecular complexity index is 370. The molecule has 1 aromatic carbocycles. The fourth-order valence-corrected chi connectivity index (χ4v) is 1.52. The van der Waals surface area contributed by atoms with Crippen molar-refractivity contribution in [1.29, 1.82) is 0 Å². The monoisotopic (exact) mass is 225 g/mol. The van der Waals surface area contributed by atoms with Gasteiger partial charge in [-0.15, -0.1) is 12.3 Å². The van der Waals surface area contributed by atoms with Crippen LogP contribution in [0.25, 0.3) is 0 Å². The van der Waals surface area contributed by atoms with Gasteiger partial charge < -0.3 is 5.73 Å². The molecular weight excluding hydrogens is 213 g/mol. The first kappa shape index (κ1) is 12.0. The van der Waals surface area contributed by atoms with Crippen LogP contribution in [-0.2, 0) is 0 Å². The molecule has 0 aliphatic heterocycles. The smallest absolute Gasteiger partial charge is 0.141 e. The molecular formula is C12H13ClFN. The normalized spacial score (nSPS) is 12.1. The van der Waals surface area contributed by atoms with Crippen molar-refractivity contribution in [2.24, 2.45) is 5.73 Å². The lowest BCUT2D eigenvalue weighted by molar-refractivity contribution is 0.609. The minimum Gasteiger partial charge on any atom is -0.324 e. The molecule has 3 heteroatoms. The molecule has 15 heavy (non-hydrogen) atoms. The second-order valence-electron chi connectivity index (χ2n) is 3.38. The van der Waals surface area contributed by atoms with Gasteiger partial charge in [-0.3, -0.25) is 0 Å². The van der Waals surface area contributed by atoms with Gasteiger partial charge in [-0.1, -0.05) is 17.7 Å². The minimum atomic E-state index is -0.420. The van der Waals surface area contributed by atoms with Crippen LogP contribution in [0.2, 0.25) is 5.02 Å². The standard InChI is InChI=1S/C12H13ClFN/c1-2-3-4-5-12(15)9-6-7-11(14)10(13)8-9/h1,6-8,12H,3-5,15H2. The van der Waals surface area contributed by atoms with Crippen LogP contribution in [-0.4, -0.2) is 0 Å². The zero-order chi connectivity index (χ0) is 11.3. The number of terminal acetylenes is 1. The van der Waals surface area contributed by atoms with Crippen LogP contribution < -0.4 is 5.73 Å². The second-order valence-corrected chi connectivity index (χ2v) is 3.78. The molecule has 0 saturated heterocycles. The van der Waals surface area contributed by atoms with Crippen molar-refractivity contribution >= 4 is 11.6 Å². The van der Waals surface area contributed by atoms with Crippen molar-refractivity contribution in [3.05, 3.63) is 34.6 Å². The highest BCUT2D eigenvalue weighted by atomic mass is 35.5. The maximum absolute atomic E-state index is 12.9. The van der Waals surface area contributed by atoms with Gasteiger partial charge in [0.1, 0.15) is 5.82 Å². The fourth-order valence-electron chi connectivity index (χ4n) is 1.33. The summed E-state index contributed by atoms with van der Waals surface area (Å²) in [6, 6.07) is 4.43. The van der Waals surface area contributed by atoms with E-state index in [0.29, 0.717) is 6.42 Å². The lowest BCUT2D eigenvalue weighted by Gasteiger charge is -2.11. The molecule has 0 aliphatic carbocycles. The van der Waals surface area contributed by atoms with Crippen molar-refractivity contribution in [3.8, 4) is 12.3 Å². The molecule has 0 heterocycles. The summed E-state index contributed by atoms with van der Waals surface area (Å²) in [6.45, 7) is 0. The Balaban J connectivity index is 2.62. The summed E-state index contributed by atoms with van der Waals surface area (Å²) in [5, 5.41) is 0.111. The third-order valence-electron chi connectivity index (χ3n) is 2.21. The van der Waals surface area contributed by atoms with Crippen LogP contribution in [0.1, 0.15) is 30.9 Å². The van der Waals surface area contributed by atoms with Gasteiger partial charge in [0.05, 0.1) is 5.02 Å². The maximum atomic E-state index is 12.9. The molecule has 0 bridgehead atoms. The first-order valence-electron chi connectivity index (χ1n) is 4.79. The SMILES string of the molecule is C#CCCCC(N)c1ccc(F)c(Cl)c1. The predicted molar refractivity (Wildman–Crippen MR) is 61.0 cm³/mol. The molecule has 0 saturated carbocycles. The molecule has 1 unspecified atom stereocenters. The largest absolute Gasteiger partial charge is 0.324 e. The molecule has 1 nitrogen and oxygen atoms in total. The number of halogens is 2. The highest BCUT2D eigenvalue weighted by Crippen LogP contribution is 2.22. The lowest BCUT2D eigenvalue weighted by Crippen LogP contribution is -2.10. The number of rotatable bonds is 4. The van der Waals surface area contributed by atoms with Crippen LogP contribution >= 0.6 is 11.6 Å². The summed E-state index contributed by atoms with van der Waals surface area (Å²) in [7, 11) is 0. The number of benzene rings is 1. The van der Waals surface area contributed by atoms with Gasteiger partial charge in [-0.25, -0.2) is 4.39 Å². The van der Waals surface area contributed by atoms with E-state index in [9.17, 15) is 4.39 Å². The van der Waals surface area contributed by atoms with E-state index in [1.807, 2.05) is 0 Å². The highest BCUT2D eigenvalue weighted by molar-refractivity contribution is 6.30. The third-order valence-corrected chi connectivity index (χ3v) is 2.50. The zero-order valence-electron chi connectivity index (χ0n) is 8.34. The maximum Gasteiger partial charge on any atom is 0.141 e. The highest BCUT2D eigenvalue weighted by Gasteiger charge is 2.08. The average molecular weight is 226 g/mol. The Kier molecular flexibility index (Phi) is 4.61. The van der Waals surface area contributed by atoms with Crippen molar-refractivity contribution in [3.63, 3.8) is 0 Å². The molecule has 0 aromatic heterocycles. The van der Waals surface area contributed by atoms with Crippen molar-refractivity contribution in [2.45, 2.75) is 25.3 Å². The molecule has 0 radical (unpaired) electrons. The van der Waals surface area contributed by atoms with Crippen molar-refractivity contribution in [1.82, 2.24) is 0 Å². The molecule has 2 N–H and O–H groups in total. The van der Waals surface area contributed by atoms with E-state index in [1.165, 1.54) is 6.07 Å². The van der Waals surface area contributed by atoms with E-state index in [-0.39, 0.29) is 11.1 Å². The summed E-state index contributed by atoms with van der Waals surface area (Å²) < 4.78 is 12.9. The lowest BCUT2D eigenvalue weighted by atomic mass is 10.0. The molecule has 80 valence electrons. The fraction of sp³-hybridized carbons (Fsp3) is 0.333. The van der Waals surface area contributed by atoms with Gasteiger partial charge in [0.25, 0.3) is 0 Å². The number of hydrogen-bond donors (Lipinski definition) is 1. The van der Waals surface area contributed by atoms with Crippen LogP contribution in [0.15, 0.2) is 18.2 Å². The first-order chi connectivity index (χ1) is 7.15.